The third-order valence-electron chi connectivity index (χ3n) is 2.49. The van der Waals surface area contributed by atoms with E-state index in [9.17, 15) is 4.39 Å². The van der Waals surface area contributed by atoms with Crippen molar-refractivity contribution in [2.24, 2.45) is 0 Å². The van der Waals surface area contributed by atoms with Crippen LogP contribution in [-0.2, 0) is 0 Å². The molecule has 0 radical (unpaired) electrons. The molecule has 0 aliphatic rings. The van der Waals surface area contributed by atoms with E-state index in [0.29, 0.717) is 15.8 Å². The maximum Gasteiger partial charge on any atom is 0.139 e. The van der Waals surface area contributed by atoms with E-state index in [2.05, 4.69) is 21.2 Å². The molecule has 0 bridgehead atoms. The minimum atomic E-state index is -0.344. The zero-order valence-corrected chi connectivity index (χ0v) is 12.7. The van der Waals surface area contributed by atoms with Crippen molar-refractivity contribution in [3.05, 3.63) is 43.8 Å². The topological polar surface area (TPSA) is 38.0 Å². The van der Waals surface area contributed by atoms with Gasteiger partial charge in [0.05, 0.1) is 26.2 Å². The Balaban J connectivity index is 2.21. The monoisotopic (exact) mass is 348 g/mol. The molecule has 1 aromatic carbocycles. The van der Waals surface area contributed by atoms with Crippen molar-refractivity contribution in [2.75, 3.05) is 11.1 Å². The molecule has 2 nitrogen and oxygen atoms in total. The summed E-state index contributed by atoms with van der Waals surface area (Å²) >= 11 is 10.5. The molecule has 0 saturated carbocycles. The number of rotatable bonds is 3. The van der Waals surface area contributed by atoms with Crippen LogP contribution < -0.4 is 11.1 Å². The second-order valence-corrected chi connectivity index (χ2v) is 6.46. The fourth-order valence-corrected chi connectivity index (χ4v) is 2.98. The Morgan fingerprint density at radius 1 is 1.44 bits per heavy atom. The second kappa shape index (κ2) is 5.47. The van der Waals surface area contributed by atoms with Crippen molar-refractivity contribution >= 4 is 50.2 Å². The molecule has 1 heterocycles. The molecule has 96 valence electrons. The highest BCUT2D eigenvalue weighted by molar-refractivity contribution is 9.10. The lowest BCUT2D eigenvalue weighted by Crippen LogP contribution is -2.07. The summed E-state index contributed by atoms with van der Waals surface area (Å²) < 4.78 is 14.5. The fraction of sp³-hybridized carbons (Fsp3) is 0.167. The lowest BCUT2D eigenvalue weighted by molar-refractivity contribution is 0.621. The SMILES string of the molecule is CC(Nc1cc(F)c(Br)cc1N)c1ccc(Cl)s1. The van der Waals surface area contributed by atoms with E-state index in [0.717, 1.165) is 9.21 Å². The second-order valence-electron chi connectivity index (χ2n) is 3.86. The van der Waals surface area contributed by atoms with Crippen molar-refractivity contribution in [1.82, 2.24) is 0 Å². The lowest BCUT2D eigenvalue weighted by Gasteiger charge is -2.16. The molecule has 0 amide bonds. The van der Waals surface area contributed by atoms with Gasteiger partial charge in [0, 0.05) is 10.9 Å². The molecule has 1 unspecified atom stereocenters. The van der Waals surface area contributed by atoms with Crippen molar-refractivity contribution in [3.8, 4) is 0 Å². The van der Waals surface area contributed by atoms with E-state index >= 15 is 0 Å². The predicted molar refractivity (Wildman–Crippen MR) is 79.9 cm³/mol. The summed E-state index contributed by atoms with van der Waals surface area (Å²) in [6, 6.07) is 6.73. The maximum absolute atomic E-state index is 13.5. The molecule has 1 atom stereocenters. The van der Waals surface area contributed by atoms with Crippen LogP contribution in [0.2, 0.25) is 4.34 Å². The summed E-state index contributed by atoms with van der Waals surface area (Å²) in [6.07, 6.45) is 0. The largest absolute Gasteiger partial charge is 0.397 e. The molecule has 6 heteroatoms. The van der Waals surface area contributed by atoms with E-state index in [1.54, 1.807) is 6.07 Å². The molecule has 3 N–H and O–H groups in total. The molecule has 18 heavy (non-hydrogen) atoms. The first-order chi connectivity index (χ1) is 8.47. The third-order valence-corrected chi connectivity index (χ3v) is 4.51. The Labute approximate surface area is 122 Å². The van der Waals surface area contributed by atoms with Gasteiger partial charge in [0.1, 0.15) is 5.82 Å². The summed E-state index contributed by atoms with van der Waals surface area (Å²) in [5.41, 5.74) is 6.91. The molecule has 0 fully saturated rings. The zero-order valence-electron chi connectivity index (χ0n) is 9.51. The number of anilines is 2. The van der Waals surface area contributed by atoms with Gasteiger partial charge in [0.15, 0.2) is 0 Å². The summed E-state index contributed by atoms with van der Waals surface area (Å²) in [5.74, 6) is -0.344. The summed E-state index contributed by atoms with van der Waals surface area (Å²) in [7, 11) is 0. The normalized spacial score (nSPS) is 12.4. The van der Waals surface area contributed by atoms with Crippen LogP contribution in [0.3, 0.4) is 0 Å². The number of benzene rings is 1. The Kier molecular flexibility index (Phi) is 4.14. The van der Waals surface area contributed by atoms with E-state index in [1.807, 2.05) is 19.1 Å². The summed E-state index contributed by atoms with van der Waals surface area (Å²) in [6.45, 7) is 1.97. The molecule has 1 aromatic heterocycles. The number of nitrogen functional groups attached to an aromatic ring is 1. The van der Waals surface area contributed by atoms with Crippen molar-refractivity contribution in [1.29, 1.82) is 0 Å². The van der Waals surface area contributed by atoms with Crippen LogP contribution in [-0.4, -0.2) is 0 Å². The Morgan fingerprint density at radius 3 is 2.78 bits per heavy atom. The number of nitrogens with one attached hydrogen (secondary N) is 1. The van der Waals surface area contributed by atoms with Crippen molar-refractivity contribution in [2.45, 2.75) is 13.0 Å². The minimum Gasteiger partial charge on any atom is -0.397 e. The number of nitrogens with two attached hydrogens (primary N) is 1. The van der Waals surface area contributed by atoms with Gasteiger partial charge in [0.2, 0.25) is 0 Å². The predicted octanol–water partition coefficient (Wildman–Crippen LogP) is 5.06. The van der Waals surface area contributed by atoms with Crippen LogP contribution in [0.15, 0.2) is 28.7 Å². The number of halogens is 3. The first-order valence-electron chi connectivity index (χ1n) is 5.23. The Morgan fingerprint density at radius 2 is 2.17 bits per heavy atom. The molecule has 0 saturated heterocycles. The van der Waals surface area contributed by atoms with Crippen LogP contribution in [0.1, 0.15) is 17.8 Å². The van der Waals surface area contributed by atoms with E-state index in [4.69, 9.17) is 17.3 Å². The summed E-state index contributed by atoms with van der Waals surface area (Å²) in [5, 5.41) is 3.17. The molecular weight excluding hydrogens is 339 g/mol. The van der Waals surface area contributed by atoms with Crippen molar-refractivity contribution in [3.63, 3.8) is 0 Å². The lowest BCUT2D eigenvalue weighted by atomic mass is 10.2. The van der Waals surface area contributed by atoms with Crippen LogP contribution in [0.4, 0.5) is 15.8 Å². The molecule has 2 rings (SSSR count). The fourth-order valence-electron chi connectivity index (χ4n) is 1.55. The number of hydrogen-bond acceptors (Lipinski definition) is 3. The smallest absolute Gasteiger partial charge is 0.139 e. The third kappa shape index (κ3) is 2.96. The van der Waals surface area contributed by atoms with Gasteiger partial charge in [-0.2, -0.15) is 0 Å². The maximum atomic E-state index is 13.5. The average Bonchev–Trinajstić information content (AvgIpc) is 2.73. The van der Waals surface area contributed by atoms with Gasteiger partial charge in [-0.25, -0.2) is 4.39 Å². The molecule has 0 spiro atoms. The first-order valence-corrected chi connectivity index (χ1v) is 7.22. The van der Waals surface area contributed by atoms with Gasteiger partial charge in [-0.05, 0) is 41.1 Å². The Hall–Kier alpha value is -0.780. The first kappa shape index (κ1) is 13.6. The quantitative estimate of drug-likeness (QED) is 0.760. The van der Waals surface area contributed by atoms with Crippen molar-refractivity contribution < 1.29 is 4.39 Å². The highest BCUT2D eigenvalue weighted by Gasteiger charge is 2.11. The van der Waals surface area contributed by atoms with Crippen LogP contribution in [0.5, 0.6) is 0 Å². The van der Waals surface area contributed by atoms with Gasteiger partial charge < -0.3 is 11.1 Å². The molecular formula is C12H11BrClFN2S. The van der Waals surface area contributed by atoms with E-state index < -0.39 is 0 Å². The summed E-state index contributed by atoms with van der Waals surface area (Å²) in [4.78, 5) is 1.07. The standard InChI is InChI=1S/C12H11BrClFN2S/c1-6(11-2-3-12(14)18-11)17-10-5-8(15)7(13)4-9(10)16/h2-6,17H,16H2,1H3. The number of thiophene rings is 1. The highest BCUT2D eigenvalue weighted by atomic mass is 79.9. The number of hydrogen-bond donors (Lipinski definition) is 2. The molecule has 0 aliphatic heterocycles. The molecule has 0 aliphatic carbocycles. The van der Waals surface area contributed by atoms with Gasteiger partial charge in [-0.15, -0.1) is 11.3 Å². The average molecular weight is 350 g/mol. The van der Waals surface area contributed by atoms with Crippen LogP contribution >= 0.6 is 38.9 Å². The highest BCUT2D eigenvalue weighted by Crippen LogP contribution is 2.32. The van der Waals surface area contributed by atoms with Gasteiger partial charge in [-0.1, -0.05) is 11.6 Å². The zero-order chi connectivity index (χ0) is 13.3. The van der Waals surface area contributed by atoms with Crippen LogP contribution in [0, 0.1) is 5.82 Å². The van der Waals surface area contributed by atoms with Gasteiger partial charge in [-0.3, -0.25) is 0 Å². The van der Waals surface area contributed by atoms with E-state index in [1.165, 1.54) is 17.4 Å². The minimum absolute atomic E-state index is 0.0189. The Bertz CT molecular complexity index is 573. The van der Waals surface area contributed by atoms with Crippen LogP contribution in [0.25, 0.3) is 0 Å². The van der Waals surface area contributed by atoms with E-state index in [-0.39, 0.29) is 11.9 Å². The van der Waals surface area contributed by atoms with Gasteiger partial charge in [0.25, 0.3) is 0 Å². The van der Waals surface area contributed by atoms with Gasteiger partial charge >= 0.3 is 0 Å². The molecule has 2 aromatic rings.